The van der Waals surface area contributed by atoms with Gasteiger partial charge in [-0.3, -0.25) is 19.1 Å². The van der Waals surface area contributed by atoms with Crippen molar-refractivity contribution < 1.29 is 55.0 Å². The number of hydrogen-bond acceptors (Lipinski definition) is 10. The molecule has 0 bridgehead atoms. The summed E-state index contributed by atoms with van der Waals surface area (Å²) in [7, 11) is -2.57. The van der Waals surface area contributed by atoms with Crippen LogP contribution in [0.15, 0.2) is 42.6 Å². The highest BCUT2D eigenvalue weighted by atomic mass is 32.2. The minimum Gasteiger partial charge on any atom is -0.494 e. The molecule has 1 aromatic heterocycles. The van der Waals surface area contributed by atoms with Crippen molar-refractivity contribution in [2.75, 3.05) is 13.7 Å². The summed E-state index contributed by atoms with van der Waals surface area (Å²) < 4.78 is 85.3. The molecule has 2 aliphatic carbocycles. The van der Waals surface area contributed by atoms with Crippen LogP contribution in [0.1, 0.15) is 85.5 Å². The van der Waals surface area contributed by atoms with Crippen molar-refractivity contribution in [1.82, 2.24) is 25.2 Å². The van der Waals surface area contributed by atoms with Crippen LogP contribution in [0, 0.1) is 11.8 Å². The number of halogens is 3. The number of rotatable bonds is 9. The first-order chi connectivity index (χ1) is 26.8. The molecule has 3 heterocycles. The molecular weight excluding hydrogens is 772 g/mol. The zero-order chi connectivity index (χ0) is 41.6. The lowest BCUT2D eigenvalue weighted by Gasteiger charge is -2.34. The molecule has 1 aromatic carbocycles. The number of pyridine rings is 1. The molecular formula is C39H50F3N5O9S. The Morgan fingerprint density at radius 2 is 1.81 bits per heavy atom. The minimum absolute atomic E-state index is 0.108. The van der Waals surface area contributed by atoms with Crippen LogP contribution in [-0.4, -0.2) is 96.0 Å². The fourth-order valence-corrected chi connectivity index (χ4v) is 8.85. The van der Waals surface area contributed by atoms with Gasteiger partial charge in [-0.2, -0.15) is 13.2 Å². The average Bonchev–Trinajstić information content (AvgIpc) is 4.03. The van der Waals surface area contributed by atoms with E-state index in [1.165, 1.54) is 25.1 Å². The number of carbonyl (C=O) groups is 4. The van der Waals surface area contributed by atoms with Crippen LogP contribution >= 0.6 is 0 Å². The Bertz CT molecular complexity index is 2040. The number of allylic oxidation sites excluding steroid dienone is 1. The number of methoxy groups -OCH3 is 1. The Morgan fingerprint density at radius 3 is 2.46 bits per heavy atom. The predicted octanol–water partition coefficient (Wildman–Crippen LogP) is 5.06. The standard InChI is InChI=1S/C39H50F3N5O9S/c1-6-23-13-9-7-8-10-14-24-20-38(24,34(50)46-57(52,53)37(4)17-18-37)45-31(48)28-19-25(55-32-27-16-12-11-15-26(27)29(54-5)21-43-32)22-47(28)33(49)30(23)44-35(51)56-36(2,3)39(40,41)42/h10-12,14-16,21,23-25,28,30H,6-9,13,17-20,22H2,1-5H3,(H,44,51)(H,45,48)(H,46,50)/b14-10-/t23-,24-,25-,28+,30+,38-/m1/s1. The molecule has 2 aromatic rings. The largest absolute Gasteiger partial charge is 0.494 e. The van der Waals surface area contributed by atoms with E-state index in [-0.39, 0.29) is 25.3 Å². The number of aromatic nitrogens is 1. The first-order valence-electron chi connectivity index (χ1n) is 19.3. The molecule has 2 saturated carbocycles. The van der Waals surface area contributed by atoms with Crippen molar-refractivity contribution in [3.63, 3.8) is 0 Å². The van der Waals surface area contributed by atoms with Crippen LogP contribution in [0.25, 0.3) is 10.8 Å². The number of ether oxygens (including phenoxy) is 3. The van der Waals surface area contributed by atoms with Crippen molar-refractivity contribution in [2.45, 2.75) is 126 Å². The van der Waals surface area contributed by atoms with Gasteiger partial charge >= 0.3 is 12.3 Å². The second-order valence-electron chi connectivity index (χ2n) is 16.2. The molecule has 4 aliphatic rings. The van der Waals surface area contributed by atoms with Gasteiger partial charge in [0, 0.05) is 23.1 Å². The van der Waals surface area contributed by atoms with E-state index in [9.17, 15) is 40.8 Å². The molecule has 2 aliphatic heterocycles. The van der Waals surface area contributed by atoms with Gasteiger partial charge in [-0.25, -0.2) is 18.2 Å². The van der Waals surface area contributed by atoms with Crippen LogP contribution in [0.4, 0.5) is 18.0 Å². The van der Waals surface area contributed by atoms with Crippen LogP contribution < -0.4 is 24.8 Å². The number of hydrogen-bond donors (Lipinski definition) is 3. The molecule has 312 valence electrons. The first kappa shape index (κ1) is 42.0. The Kier molecular flexibility index (Phi) is 11.5. The number of nitrogens with zero attached hydrogens (tertiary/aromatic N) is 2. The third-order valence-corrected chi connectivity index (χ3v) is 14.0. The topological polar surface area (TPSA) is 182 Å². The van der Waals surface area contributed by atoms with E-state index in [1.807, 2.05) is 18.2 Å². The third-order valence-electron chi connectivity index (χ3n) is 11.8. The second-order valence-corrected chi connectivity index (χ2v) is 18.4. The number of alkyl halides is 3. The lowest BCUT2D eigenvalue weighted by Crippen LogP contribution is -2.60. The van der Waals surface area contributed by atoms with E-state index < -0.39 is 85.9 Å². The molecule has 0 radical (unpaired) electrons. The number of fused-ring (bicyclic) bond motifs is 3. The van der Waals surface area contributed by atoms with Gasteiger partial charge in [0.25, 0.3) is 5.91 Å². The number of benzene rings is 1. The fourth-order valence-electron chi connectivity index (χ4n) is 7.54. The summed E-state index contributed by atoms with van der Waals surface area (Å²) in [6.45, 7) is 4.52. The molecule has 1 saturated heterocycles. The summed E-state index contributed by atoms with van der Waals surface area (Å²) >= 11 is 0. The summed E-state index contributed by atoms with van der Waals surface area (Å²) in [5.41, 5.74) is -4.51. The molecule has 0 unspecified atom stereocenters. The van der Waals surface area contributed by atoms with Gasteiger partial charge in [0.15, 0.2) is 0 Å². The Hall–Kier alpha value is -4.61. The molecule has 18 heteroatoms. The highest BCUT2D eigenvalue weighted by Crippen LogP contribution is 2.48. The first-order valence-corrected chi connectivity index (χ1v) is 20.7. The van der Waals surface area contributed by atoms with Gasteiger partial charge in [0.05, 0.1) is 24.6 Å². The number of nitrogens with one attached hydrogen (secondary N) is 3. The highest BCUT2D eigenvalue weighted by molar-refractivity contribution is 7.91. The van der Waals surface area contributed by atoms with Gasteiger partial charge in [-0.15, -0.1) is 0 Å². The van der Waals surface area contributed by atoms with Gasteiger partial charge in [0.1, 0.15) is 29.5 Å². The van der Waals surface area contributed by atoms with Crippen LogP contribution in [0.2, 0.25) is 0 Å². The fraction of sp³-hybridized carbons (Fsp3) is 0.615. The Morgan fingerprint density at radius 1 is 1.11 bits per heavy atom. The van der Waals surface area contributed by atoms with Crippen LogP contribution in [0.3, 0.4) is 0 Å². The summed E-state index contributed by atoms with van der Waals surface area (Å²) in [5, 5.41) is 6.49. The maximum Gasteiger partial charge on any atom is 0.427 e. The lowest BCUT2D eigenvalue weighted by molar-refractivity contribution is -0.244. The molecule has 0 spiro atoms. The molecule has 3 fully saturated rings. The maximum absolute atomic E-state index is 14.8. The minimum atomic E-state index is -4.91. The third kappa shape index (κ3) is 8.51. The Balaban J connectivity index is 1.35. The van der Waals surface area contributed by atoms with Crippen LogP contribution in [-0.2, 0) is 29.1 Å². The Labute approximate surface area is 329 Å². The van der Waals surface area contributed by atoms with Crippen molar-refractivity contribution in [1.29, 1.82) is 0 Å². The van der Waals surface area contributed by atoms with Crippen molar-refractivity contribution in [3.8, 4) is 11.6 Å². The number of sulfonamides is 1. The van der Waals surface area contributed by atoms with E-state index in [0.717, 1.165) is 0 Å². The number of amides is 4. The van der Waals surface area contributed by atoms with Crippen molar-refractivity contribution in [3.05, 3.63) is 42.6 Å². The van der Waals surface area contributed by atoms with E-state index in [0.29, 0.717) is 75.3 Å². The van der Waals surface area contributed by atoms with Crippen LogP contribution in [0.5, 0.6) is 11.6 Å². The lowest BCUT2D eigenvalue weighted by atomic mass is 9.89. The summed E-state index contributed by atoms with van der Waals surface area (Å²) in [5.74, 6) is -2.85. The van der Waals surface area contributed by atoms with Crippen molar-refractivity contribution >= 4 is 44.6 Å². The van der Waals surface area contributed by atoms with E-state index in [4.69, 9.17) is 14.2 Å². The predicted molar refractivity (Wildman–Crippen MR) is 201 cm³/mol. The molecule has 6 atom stereocenters. The zero-order valence-electron chi connectivity index (χ0n) is 32.6. The zero-order valence-corrected chi connectivity index (χ0v) is 33.4. The summed E-state index contributed by atoms with van der Waals surface area (Å²) in [4.78, 5) is 61.9. The summed E-state index contributed by atoms with van der Waals surface area (Å²) in [6.07, 6.45) is 1.18. The van der Waals surface area contributed by atoms with E-state index in [1.54, 1.807) is 25.1 Å². The van der Waals surface area contributed by atoms with E-state index >= 15 is 0 Å². The monoisotopic (exact) mass is 821 g/mol. The molecule has 4 amide bonds. The van der Waals surface area contributed by atoms with Gasteiger partial charge in [-0.05, 0) is 71.3 Å². The maximum atomic E-state index is 14.8. The van der Waals surface area contributed by atoms with Gasteiger partial charge in [0.2, 0.25) is 33.3 Å². The summed E-state index contributed by atoms with van der Waals surface area (Å²) in [6, 6.07) is 4.45. The number of alkyl carbamates (subject to hydrolysis) is 1. The molecule has 14 nitrogen and oxygen atoms in total. The number of carbonyl (C=O) groups excluding carboxylic acids is 4. The van der Waals surface area contributed by atoms with Crippen molar-refractivity contribution in [2.24, 2.45) is 11.8 Å². The van der Waals surface area contributed by atoms with Gasteiger partial charge < -0.3 is 29.7 Å². The quantitative estimate of drug-likeness (QED) is 0.290. The van der Waals surface area contributed by atoms with Gasteiger partial charge in [-0.1, -0.05) is 50.1 Å². The smallest absolute Gasteiger partial charge is 0.427 e. The molecule has 57 heavy (non-hydrogen) atoms. The molecule has 3 N–H and O–H groups in total. The van der Waals surface area contributed by atoms with E-state index in [2.05, 4.69) is 20.3 Å². The highest BCUT2D eigenvalue weighted by Gasteiger charge is 2.63. The average molecular weight is 822 g/mol. The molecule has 6 rings (SSSR count). The normalized spacial score (nSPS) is 28.4. The SMILES string of the molecule is CC[C@@H]1CCCC/C=C\[C@@H]2C[C@@]2(C(=O)NS(=O)(=O)C2(C)CC2)NC(=O)[C@@H]2C[C@@H](Oc3ncc(OC)c4ccccc34)CN2C(=O)[C@H]1NC(=O)OC(C)(C)C(F)(F)F. The second kappa shape index (κ2) is 15.6.